The Kier molecular flexibility index (Phi) is 3.95. The minimum absolute atomic E-state index is 0.182. The van der Waals surface area contributed by atoms with Crippen molar-refractivity contribution in [2.24, 2.45) is 5.92 Å². The third-order valence-electron chi connectivity index (χ3n) is 3.86. The Morgan fingerprint density at radius 2 is 1.95 bits per heavy atom. The topological polar surface area (TPSA) is 49.3 Å². The lowest BCUT2D eigenvalue weighted by Crippen LogP contribution is -2.29. The van der Waals surface area contributed by atoms with Gasteiger partial charge in [0.25, 0.3) is 0 Å². The molecule has 104 valence electrons. The van der Waals surface area contributed by atoms with Crippen molar-refractivity contribution >= 4 is 5.97 Å². The fraction of sp³-hybridized carbons (Fsp3) is 0.562. The van der Waals surface area contributed by atoms with E-state index in [9.17, 15) is 4.79 Å². The Morgan fingerprint density at radius 3 is 2.42 bits per heavy atom. The molecule has 0 spiro atoms. The first kappa shape index (κ1) is 14.1. The van der Waals surface area contributed by atoms with Gasteiger partial charge in [-0.05, 0) is 41.8 Å². The minimum atomic E-state index is -0.731. The second-order valence-electron chi connectivity index (χ2n) is 6.55. The van der Waals surface area contributed by atoms with E-state index in [0.29, 0.717) is 5.92 Å². The third-order valence-corrected chi connectivity index (χ3v) is 3.86. The molecule has 0 amide bonds. The normalized spacial score (nSPS) is 23.5. The maximum atomic E-state index is 10.9. The third kappa shape index (κ3) is 3.57. The van der Waals surface area contributed by atoms with Gasteiger partial charge in [0.15, 0.2) is 0 Å². The van der Waals surface area contributed by atoms with Crippen LogP contribution >= 0.6 is 0 Å². The quantitative estimate of drug-likeness (QED) is 0.879. The van der Waals surface area contributed by atoms with Crippen LogP contribution in [0.25, 0.3) is 0 Å². The zero-order valence-corrected chi connectivity index (χ0v) is 11.9. The second kappa shape index (κ2) is 5.33. The van der Waals surface area contributed by atoms with E-state index in [0.717, 1.165) is 19.4 Å². The van der Waals surface area contributed by atoms with E-state index in [4.69, 9.17) is 5.11 Å². The summed E-state index contributed by atoms with van der Waals surface area (Å²) in [6.45, 7) is 7.43. The molecule has 1 fully saturated rings. The highest BCUT2D eigenvalue weighted by molar-refractivity contribution is 5.73. The summed E-state index contributed by atoms with van der Waals surface area (Å²) in [5.74, 6) is -0.299. The minimum Gasteiger partial charge on any atom is -0.480 e. The Hall–Kier alpha value is -1.35. The molecule has 1 aromatic carbocycles. The van der Waals surface area contributed by atoms with Gasteiger partial charge in [-0.2, -0.15) is 0 Å². The van der Waals surface area contributed by atoms with Crippen molar-refractivity contribution in [3.05, 3.63) is 35.4 Å². The predicted molar refractivity (Wildman–Crippen MR) is 76.4 cm³/mol. The molecule has 1 unspecified atom stereocenters. The summed E-state index contributed by atoms with van der Waals surface area (Å²) in [5, 5.41) is 12.0. The van der Waals surface area contributed by atoms with E-state index in [1.54, 1.807) is 0 Å². The van der Waals surface area contributed by atoms with Crippen LogP contribution < -0.4 is 5.32 Å². The van der Waals surface area contributed by atoms with Gasteiger partial charge < -0.3 is 10.4 Å². The van der Waals surface area contributed by atoms with Crippen molar-refractivity contribution in [3.63, 3.8) is 0 Å². The van der Waals surface area contributed by atoms with Gasteiger partial charge in [-0.15, -0.1) is 0 Å². The molecule has 1 saturated heterocycles. The highest BCUT2D eigenvalue weighted by Gasteiger charge is 2.28. The molecule has 1 heterocycles. The summed E-state index contributed by atoms with van der Waals surface area (Å²) < 4.78 is 0. The molecule has 0 aliphatic carbocycles. The lowest BCUT2D eigenvalue weighted by Gasteiger charge is -2.19. The van der Waals surface area contributed by atoms with Crippen LogP contribution in [0.4, 0.5) is 0 Å². The van der Waals surface area contributed by atoms with Crippen LogP contribution in [0.15, 0.2) is 24.3 Å². The van der Waals surface area contributed by atoms with Crippen molar-refractivity contribution in [1.82, 2.24) is 5.32 Å². The van der Waals surface area contributed by atoms with Crippen molar-refractivity contribution < 1.29 is 9.90 Å². The molecule has 2 rings (SSSR count). The van der Waals surface area contributed by atoms with Crippen LogP contribution in [0.5, 0.6) is 0 Å². The zero-order valence-electron chi connectivity index (χ0n) is 11.9. The first-order chi connectivity index (χ1) is 8.86. The Bertz CT molecular complexity index is 445. The number of aliphatic carboxylic acids is 1. The van der Waals surface area contributed by atoms with Crippen molar-refractivity contribution in [2.75, 3.05) is 6.54 Å². The molecule has 3 heteroatoms. The van der Waals surface area contributed by atoms with Gasteiger partial charge in [0.1, 0.15) is 6.04 Å². The number of rotatable bonds is 3. The number of carboxylic acid groups (broad SMARTS) is 1. The smallest absolute Gasteiger partial charge is 0.320 e. The van der Waals surface area contributed by atoms with E-state index < -0.39 is 5.97 Å². The Labute approximate surface area is 115 Å². The van der Waals surface area contributed by atoms with E-state index in [1.165, 1.54) is 11.1 Å². The molecule has 0 radical (unpaired) electrons. The first-order valence-corrected chi connectivity index (χ1v) is 6.92. The van der Waals surface area contributed by atoms with E-state index >= 15 is 0 Å². The Balaban J connectivity index is 1.96. The lowest BCUT2D eigenvalue weighted by molar-refractivity contribution is -0.139. The number of carbonyl (C=O) groups is 1. The molecule has 0 saturated carbocycles. The van der Waals surface area contributed by atoms with Crippen molar-refractivity contribution in [3.8, 4) is 0 Å². The van der Waals surface area contributed by atoms with Crippen LogP contribution in [0.3, 0.4) is 0 Å². The van der Waals surface area contributed by atoms with E-state index in [1.807, 2.05) is 0 Å². The molecule has 3 nitrogen and oxygen atoms in total. The fourth-order valence-corrected chi connectivity index (χ4v) is 2.63. The standard InChI is InChI=1S/C16H23NO2/c1-16(2,3)13-6-4-11(5-7-13)8-12-9-14(15(18)19)17-10-12/h4-7,12,14,17H,8-10H2,1-3H3,(H,18,19)/t12?,14-/m0/s1. The first-order valence-electron chi connectivity index (χ1n) is 6.92. The molecule has 1 aliphatic rings. The molecule has 2 N–H and O–H groups in total. The number of hydrogen-bond acceptors (Lipinski definition) is 2. The van der Waals surface area contributed by atoms with Crippen LogP contribution in [0, 0.1) is 5.92 Å². The van der Waals surface area contributed by atoms with Crippen LogP contribution in [-0.2, 0) is 16.6 Å². The molecule has 19 heavy (non-hydrogen) atoms. The number of hydrogen-bond donors (Lipinski definition) is 2. The summed E-state index contributed by atoms with van der Waals surface area (Å²) in [4.78, 5) is 10.9. The van der Waals surface area contributed by atoms with Crippen LogP contribution in [-0.4, -0.2) is 23.7 Å². The van der Waals surface area contributed by atoms with Gasteiger partial charge in [0.05, 0.1) is 0 Å². The summed E-state index contributed by atoms with van der Waals surface area (Å²) >= 11 is 0. The predicted octanol–water partition coefficient (Wildman–Crippen LogP) is 2.59. The number of benzene rings is 1. The van der Waals surface area contributed by atoms with Gasteiger partial charge in [-0.25, -0.2) is 0 Å². The molecule has 0 aromatic heterocycles. The van der Waals surface area contributed by atoms with Gasteiger partial charge in [-0.3, -0.25) is 4.79 Å². The monoisotopic (exact) mass is 261 g/mol. The van der Waals surface area contributed by atoms with Gasteiger partial charge in [-0.1, -0.05) is 45.0 Å². The maximum absolute atomic E-state index is 10.9. The molecule has 0 bridgehead atoms. The molecular formula is C16H23NO2. The molecule has 2 atom stereocenters. The van der Waals surface area contributed by atoms with Crippen molar-refractivity contribution in [1.29, 1.82) is 0 Å². The van der Waals surface area contributed by atoms with Crippen LogP contribution in [0.2, 0.25) is 0 Å². The van der Waals surface area contributed by atoms with Crippen molar-refractivity contribution in [2.45, 2.75) is 45.1 Å². The summed E-state index contributed by atoms with van der Waals surface area (Å²) in [7, 11) is 0. The highest BCUT2D eigenvalue weighted by atomic mass is 16.4. The van der Waals surface area contributed by atoms with Gasteiger partial charge >= 0.3 is 5.97 Å². The number of nitrogens with one attached hydrogen (secondary N) is 1. The summed E-state index contributed by atoms with van der Waals surface area (Å²) in [6, 6.07) is 8.36. The van der Waals surface area contributed by atoms with E-state index in [2.05, 4.69) is 50.4 Å². The molecule has 1 aliphatic heterocycles. The van der Waals surface area contributed by atoms with Crippen LogP contribution in [0.1, 0.15) is 38.3 Å². The summed E-state index contributed by atoms with van der Waals surface area (Å²) in [5.41, 5.74) is 2.82. The number of carboxylic acids is 1. The second-order valence-corrected chi connectivity index (χ2v) is 6.55. The summed E-state index contributed by atoms with van der Waals surface area (Å²) in [6.07, 6.45) is 1.69. The zero-order chi connectivity index (χ0) is 14.0. The largest absolute Gasteiger partial charge is 0.480 e. The average molecular weight is 261 g/mol. The average Bonchev–Trinajstić information content (AvgIpc) is 2.77. The lowest BCUT2D eigenvalue weighted by atomic mass is 9.86. The van der Waals surface area contributed by atoms with E-state index in [-0.39, 0.29) is 11.5 Å². The highest BCUT2D eigenvalue weighted by Crippen LogP contribution is 2.24. The molecule has 1 aromatic rings. The van der Waals surface area contributed by atoms with Gasteiger partial charge in [0, 0.05) is 0 Å². The maximum Gasteiger partial charge on any atom is 0.320 e. The Morgan fingerprint density at radius 1 is 1.32 bits per heavy atom. The SMILES string of the molecule is CC(C)(C)c1ccc(CC2CN[C@H](C(=O)O)C2)cc1. The van der Waals surface area contributed by atoms with Gasteiger partial charge in [0.2, 0.25) is 0 Å². The fourth-order valence-electron chi connectivity index (χ4n) is 2.63. The molecular weight excluding hydrogens is 238 g/mol.